The van der Waals surface area contributed by atoms with Crippen LogP contribution in [-0.4, -0.2) is 59.9 Å². The molecule has 3 fully saturated rings. The van der Waals surface area contributed by atoms with Crippen LogP contribution in [0.25, 0.3) is 0 Å². The SMILES string of the molecule is CC1(C(=O)N2CCC(C(=O)N3C[C@H](NC(=O)Oc4ccc(F)cc4)[C@@H](c4ccc(Cl)c(Cl)c4)C3)CC2)CC1. The maximum absolute atomic E-state index is 13.5. The number of halogens is 3. The molecular weight excluding hydrogens is 532 g/mol. The molecule has 10 heteroatoms. The number of carbonyl (C=O) groups excluding carboxylic acids is 3. The molecule has 3 amide bonds. The molecule has 1 saturated carbocycles. The molecule has 2 aromatic carbocycles. The van der Waals surface area contributed by atoms with Gasteiger partial charge in [0.2, 0.25) is 11.8 Å². The molecule has 1 N–H and O–H groups in total. The smallest absolute Gasteiger partial charge is 0.410 e. The van der Waals surface area contributed by atoms with Crippen LogP contribution in [0.2, 0.25) is 10.0 Å². The highest BCUT2D eigenvalue weighted by Gasteiger charge is 2.48. The molecule has 2 aliphatic heterocycles. The molecule has 0 unspecified atom stereocenters. The van der Waals surface area contributed by atoms with Gasteiger partial charge in [-0.25, -0.2) is 9.18 Å². The summed E-state index contributed by atoms with van der Waals surface area (Å²) in [5, 5.41) is 3.69. The third kappa shape index (κ3) is 5.76. The number of ether oxygens (including phenoxy) is 1. The Labute approximate surface area is 231 Å². The van der Waals surface area contributed by atoms with Crippen molar-refractivity contribution < 1.29 is 23.5 Å². The third-order valence-corrected chi connectivity index (χ3v) is 8.72. The van der Waals surface area contributed by atoms with Gasteiger partial charge in [0, 0.05) is 43.4 Å². The summed E-state index contributed by atoms with van der Waals surface area (Å²) < 4.78 is 18.5. The molecule has 0 aromatic heterocycles. The number of nitrogens with one attached hydrogen (secondary N) is 1. The molecular formula is C28H30Cl2FN3O4. The van der Waals surface area contributed by atoms with Gasteiger partial charge in [0.15, 0.2) is 0 Å². The zero-order chi connectivity index (χ0) is 27.0. The molecule has 5 rings (SSSR count). The maximum atomic E-state index is 13.5. The first-order chi connectivity index (χ1) is 18.1. The molecule has 7 nitrogen and oxygen atoms in total. The number of hydrogen-bond acceptors (Lipinski definition) is 4. The number of piperidine rings is 1. The summed E-state index contributed by atoms with van der Waals surface area (Å²) in [6.45, 7) is 3.88. The van der Waals surface area contributed by atoms with Crippen LogP contribution in [0.1, 0.15) is 44.1 Å². The lowest BCUT2D eigenvalue weighted by Crippen LogP contribution is -2.46. The van der Waals surface area contributed by atoms with Crippen LogP contribution in [0.15, 0.2) is 42.5 Å². The molecule has 0 spiro atoms. The number of benzene rings is 2. The lowest BCUT2D eigenvalue weighted by Gasteiger charge is -2.34. The second kappa shape index (κ2) is 10.7. The molecule has 0 bridgehead atoms. The van der Waals surface area contributed by atoms with E-state index in [9.17, 15) is 18.8 Å². The van der Waals surface area contributed by atoms with Crippen LogP contribution in [-0.2, 0) is 9.59 Å². The zero-order valence-electron chi connectivity index (χ0n) is 21.1. The van der Waals surface area contributed by atoms with Crippen LogP contribution >= 0.6 is 23.2 Å². The highest BCUT2D eigenvalue weighted by Crippen LogP contribution is 2.47. The number of nitrogens with zero attached hydrogens (tertiary/aromatic N) is 2. The Morgan fingerprint density at radius 1 is 0.974 bits per heavy atom. The van der Waals surface area contributed by atoms with Crippen molar-refractivity contribution in [3.05, 3.63) is 63.9 Å². The lowest BCUT2D eigenvalue weighted by molar-refractivity contribution is -0.142. The van der Waals surface area contributed by atoms with Crippen molar-refractivity contribution in [1.29, 1.82) is 0 Å². The summed E-state index contributed by atoms with van der Waals surface area (Å²) in [4.78, 5) is 42.6. The molecule has 0 radical (unpaired) electrons. The van der Waals surface area contributed by atoms with Crippen molar-refractivity contribution in [3.8, 4) is 5.75 Å². The quantitative estimate of drug-likeness (QED) is 0.540. The Morgan fingerprint density at radius 2 is 1.66 bits per heavy atom. The molecule has 2 aromatic rings. The molecule has 2 saturated heterocycles. The van der Waals surface area contributed by atoms with Crippen LogP contribution in [0, 0.1) is 17.2 Å². The van der Waals surface area contributed by atoms with E-state index in [2.05, 4.69) is 5.32 Å². The largest absolute Gasteiger partial charge is 0.412 e. The van der Waals surface area contributed by atoms with E-state index in [1.54, 1.807) is 17.0 Å². The topological polar surface area (TPSA) is 79.0 Å². The first-order valence-electron chi connectivity index (χ1n) is 12.9. The Bertz CT molecular complexity index is 1230. The first-order valence-corrected chi connectivity index (χ1v) is 13.7. The number of rotatable bonds is 5. The van der Waals surface area contributed by atoms with Gasteiger partial charge >= 0.3 is 6.09 Å². The lowest BCUT2D eigenvalue weighted by atomic mass is 9.93. The van der Waals surface area contributed by atoms with E-state index in [4.69, 9.17) is 27.9 Å². The molecule has 2 atom stereocenters. The molecule has 2 heterocycles. The van der Waals surface area contributed by atoms with Crippen LogP contribution in [0.5, 0.6) is 5.75 Å². The fourth-order valence-corrected chi connectivity index (χ4v) is 5.68. The van der Waals surface area contributed by atoms with E-state index < -0.39 is 18.0 Å². The summed E-state index contributed by atoms with van der Waals surface area (Å²) in [7, 11) is 0. The minimum absolute atomic E-state index is 0.0241. The second-order valence-corrected chi connectivity index (χ2v) is 11.6. The monoisotopic (exact) mass is 561 g/mol. The maximum Gasteiger partial charge on any atom is 0.412 e. The predicted octanol–water partition coefficient (Wildman–Crippen LogP) is 5.25. The predicted molar refractivity (Wildman–Crippen MR) is 142 cm³/mol. The Morgan fingerprint density at radius 3 is 2.29 bits per heavy atom. The Hall–Kier alpha value is -2.84. The second-order valence-electron chi connectivity index (χ2n) is 10.7. The van der Waals surface area contributed by atoms with Gasteiger partial charge in [-0.3, -0.25) is 9.59 Å². The molecule has 1 aliphatic carbocycles. The van der Waals surface area contributed by atoms with Gasteiger partial charge in [0.1, 0.15) is 11.6 Å². The number of likely N-dealkylation sites (tertiary alicyclic amines) is 2. The average molecular weight is 562 g/mol. The van der Waals surface area contributed by atoms with Crippen molar-refractivity contribution in [2.75, 3.05) is 26.2 Å². The van der Waals surface area contributed by atoms with Gasteiger partial charge in [-0.15, -0.1) is 0 Å². The molecule has 3 aliphatic rings. The standard InChI is InChI=1S/C28H30Cl2FN3O4/c1-28(10-11-28)26(36)33-12-8-17(9-13-33)25(35)34-15-21(18-2-7-22(29)23(30)14-18)24(16-34)32-27(37)38-20-5-3-19(31)4-6-20/h2-7,14,17,21,24H,8-13,15-16H2,1H3,(H,32,37)/t21-,24+/m1/s1. The highest BCUT2D eigenvalue weighted by atomic mass is 35.5. The average Bonchev–Trinajstić information content (AvgIpc) is 3.53. The van der Waals surface area contributed by atoms with Crippen molar-refractivity contribution in [2.24, 2.45) is 11.3 Å². The van der Waals surface area contributed by atoms with E-state index in [0.717, 1.165) is 18.4 Å². The van der Waals surface area contributed by atoms with E-state index in [1.807, 2.05) is 17.9 Å². The van der Waals surface area contributed by atoms with Gasteiger partial charge in [-0.1, -0.05) is 36.2 Å². The van der Waals surface area contributed by atoms with E-state index >= 15 is 0 Å². The summed E-state index contributed by atoms with van der Waals surface area (Å²) >= 11 is 12.4. The third-order valence-electron chi connectivity index (χ3n) is 7.98. The number of amides is 3. The summed E-state index contributed by atoms with van der Waals surface area (Å²) in [5.41, 5.74) is 0.639. The minimum Gasteiger partial charge on any atom is -0.410 e. The Balaban J connectivity index is 1.26. The van der Waals surface area contributed by atoms with Gasteiger partial charge < -0.3 is 19.9 Å². The fraction of sp³-hybridized carbons (Fsp3) is 0.464. The number of carbonyl (C=O) groups is 3. The van der Waals surface area contributed by atoms with E-state index in [0.29, 0.717) is 49.1 Å². The van der Waals surface area contributed by atoms with E-state index in [-0.39, 0.29) is 34.8 Å². The van der Waals surface area contributed by atoms with Crippen molar-refractivity contribution in [1.82, 2.24) is 15.1 Å². The van der Waals surface area contributed by atoms with Gasteiger partial charge in [-0.2, -0.15) is 0 Å². The summed E-state index contributed by atoms with van der Waals surface area (Å²) in [6, 6.07) is 10.0. The van der Waals surface area contributed by atoms with Crippen LogP contribution < -0.4 is 10.1 Å². The van der Waals surface area contributed by atoms with Gasteiger partial charge in [0.05, 0.1) is 16.1 Å². The number of hydrogen-bond donors (Lipinski definition) is 1. The summed E-state index contributed by atoms with van der Waals surface area (Å²) in [6.07, 6.45) is 2.43. The molecule has 202 valence electrons. The summed E-state index contributed by atoms with van der Waals surface area (Å²) in [5.74, 6) is -0.401. The van der Waals surface area contributed by atoms with Crippen molar-refractivity contribution in [3.63, 3.8) is 0 Å². The first kappa shape index (κ1) is 26.8. The highest BCUT2D eigenvalue weighted by molar-refractivity contribution is 6.42. The van der Waals surface area contributed by atoms with E-state index in [1.165, 1.54) is 24.3 Å². The fourth-order valence-electron chi connectivity index (χ4n) is 5.37. The van der Waals surface area contributed by atoms with Crippen molar-refractivity contribution >= 4 is 41.1 Å². The minimum atomic E-state index is -0.693. The normalized spacial score (nSPS) is 22.7. The van der Waals surface area contributed by atoms with Gasteiger partial charge in [0.25, 0.3) is 0 Å². The van der Waals surface area contributed by atoms with Crippen LogP contribution in [0.3, 0.4) is 0 Å². The van der Waals surface area contributed by atoms with Gasteiger partial charge in [-0.05, 0) is 67.6 Å². The zero-order valence-corrected chi connectivity index (χ0v) is 22.6. The van der Waals surface area contributed by atoms with Crippen molar-refractivity contribution in [2.45, 2.75) is 44.6 Å². The van der Waals surface area contributed by atoms with Crippen LogP contribution in [0.4, 0.5) is 9.18 Å². The Kier molecular flexibility index (Phi) is 7.56. The molecule has 38 heavy (non-hydrogen) atoms.